The molecule has 0 fully saturated rings. The lowest BCUT2D eigenvalue weighted by Crippen LogP contribution is -2.43. The van der Waals surface area contributed by atoms with Crippen LogP contribution in [0.1, 0.15) is 5.56 Å². The van der Waals surface area contributed by atoms with Gasteiger partial charge in [0.25, 0.3) is 0 Å². The maximum absolute atomic E-state index is 11.6. The number of hydrogen-bond acceptors (Lipinski definition) is 5. The average Bonchev–Trinajstić information content (AvgIpc) is 2.44. The highest BCUT2D eigenvalue weighted by Gasteiger charge is 2.12. The van der Waals surface area contributed by atoms with Gasteiger partial charge in [-0.3, -0.25) is 4.79 Å². The van der Waals surface area contributed by atoms with Crippen molar-refractivity contribution in [3.05, 3.63) is 35.9 Å². The van der Waals surface area contributed by atoms with Crippen LogP contribution in [0, 0.1) is 0 Å². The van der Waals surface area contributed by atoms with Gasteiger partial charge in [-0.2, -0.15) is 11.8 Å². The molecule has 1 aromatic carbocycles. The second kappa shape index (κ2) is 10.1. The van der Waals surface area contributed by atoms with E-state index in [0.29, 0.717) is 18.1 Å². The zero-order chi connectivity index (χ0) is 13.9. The summed E-state index contributed by atoms with van der Waals surface area (Å²) in [7, 11) is 0. The van der Waals surface area contributed by atoms with Crippen LogP contribution in [0.4, 0.5) is 0 Å². The lowest BCUT2D eigenvalue weighted by Gasteiger charge is -2.11. The Morgan fingerprint density at radius 1 is 1.32 bits per heavy atom. The fourth-order valence-electron chi connectivity index (χ4n) is 1.40. The summed E-state index contributed by atoms with van der Waals surface area (Å²) < 4.78 is 0. The van der Waals surface area contributed by atoms with Gasteiger partial charge < -0.3 is 16.2 Å². The van der Waals surface area contributed by atoms with Crippen molar-refractivity contribution in [2.45, 2.75) is 11.8 Å². The molecule has 1 amide bonds. The van der Waals surface area contributed by atoms with Crippen LogP contribution >= 0.6 is 23.5 Å². The third kappa shape index (κ3) is 7.47. The summed E-state index contributed by atoms with van der Waals surface area (Å²) >= 11 is 3.03. The van der Waals surface area contributed by atoms with E-state index in [2.05, 4.69) is 17.4 Å². The minimum atomic E-state index is -0.479. The van der Waals surface area contributed by atoms with Crippen molar-refractivity contribution in [3.8, 4) is 0 Å². The van der Waals surface area contributed by atoms with Crippen LogP contribution in [0.25, 0.3) is 0 Å². The summed E-state index contributed by atoms with van der Waals surface area (Å²) in [4.78, 5) is 11.6. The molecule has 0 saturated heterocycles. The Morgan fingerprint density at radius 2 is 2.05 bits per heavy atom. The van der Waals surface area contributed by atoms with Gasteiger partial charge in [0, 0.05) is 23.8 Å². The zero-order valence-electron chi connectivity index (χ0n) is 10.7. The normalized spacial score (nSPS) is 12.1. The van der Waals surface area contributed by atoms with Crippen molar-refractivity contribution in [3.63, 3.8) is 0 Å². The molecule has 0 saturated carbocycles. The molecule has 1 unspecified atom stereocenters. The van der Waals surface area contributed by atoms with Gasteiger partial charge in [0.2, 0.25) is 5.91 Å². The molecular formula is C13H20N2O2S2. The molecule has 0 heterocycles. The van der Waals surface area contributed by atoms with E-state index in [1.807, 2.05) is 18.2 Å². The van der Waals surface area contributed by atoms with Crippen molar-refractivity contribution < 1.29 is 9.90 Å². The van der Waals surface area contributed by atoms with E-state index < -0.39 is 6.04 Å². The topological polar surface area (TPSA) is 75.4 Å². The number of nitrogens with one attached hydrogen (secondary N) is 1. The van der Waals surface area contributed by atoms with E-state index in [9.17, 15) is 4.79 Å². The molecule has 4 nitrogen and oxygen atoms in total. The predicted molar refractivity (Wildman–Crippen MR) is 83.1 cm³/mol. The van der Waals surface area contributed by atoms with Crippen molar-refractivity contribution in [2.24, 2.45) is 5.73 Å². The Kier molecular flexibility index (Phi) is 8.73. The number of rotatable bonds is 9. The number of carbonyl (C=O) groups is 1. The van der Waals surface area contributed by atoms with Gasteiger partial charge in [-0.15, -0.1) is 11.8 Å². The molecule has 0 radical (unpaired) electrons. The molecule has 1 atom stereocenters. The smallest absolute Gasteiger partial charge is 0.237 e. The number of benzene rings is 1. The van der Waals surface area contributed by atoms with E-state index in [4.69, 9.17) is 10.8 Å². The highest BCUT2D eigenvalue weighted by molar-refractivity contribution is 7.99. The predicted octanol–water partition coefficient (Wildman–Crippen LogP) is 1.05. The molecule has 0 aliphatic carbocycles. The third-order valence-electron chi connectivity index (χ3n) is 2.38. The summed E-state index contributed by atoms with van der Waals surface area (Å²) in [5, 5.41) is 11.3. The summed E-state index contributed by atoms with van der Waals surface area (Å²) in [6.45, 7) is 0.543. The Morgan fingerprint density at radius 3 is 2.74 bits per heavy atom. The van der Waals surface area contributed by atoms with Crippen LogP contribution in [-0.2, 0) is 10.5 Å². The van der Waals surface area contributed by atoms with Gasteiger partial charge in [0.15, 0.2) is 0 Å². The number of carbonyl (C=O) groups excluding carboxylic acids is 1. The Hall–Kier alpha value is -0.690. The highest BCUT2D eigenvalue weighted by atomic mass is 32.2. The van der Waals surface area contributed by atoms with Crippen LogP contribution in [0.2, 0.25) is 0 Å². The third-order valence-corrected chi connectivity index (χ3v) is 4.19. The first-order valence-corrected chi connectivity index (χ1v) is 8.38. The Bertz CT molecular complexity index is 363. The van der Waals surface area contributed by atoms with Gasteiger partial charge in [-0.05, 0) is 5.56 Å². The van der Waals surface area contributed by atoms with Crippen LogP contribution < -0.4 is 11.1 Å². The van der Waals surface area contributed by atoms with Gasteiger partial charge in [-0.1, -0.05) is 30.3 Å². The van der Waals surface area contributed by atoms with Crippen molar-refractivity contribution in [2.75, 3.05) is 24.0 Å². The van der Waals surface area contributed by atoms with Crippen molar-refractivity contribution in [1.29, 1.82) is 0 Å². The molecule has 0 aromatic heterocycles. The van der Waals surface area contributed by atoms with Crippen LogP contribution in [0.3, 0.4) is 0 Å². The number of hydrogen-bond donors (Lipinski definition) is 3. The molecule has 0 spiro atoms. The van der Waals surface area contributed by atoms with Gasteiger partial charge in [-0.25, -0.2) is 0 Å². The van der Waals surface area contributed by atoms with E-state index in [1.165, 1.54) is 17.3 Å². The zero-order valence-corrected chi connectivity index (χ0v) is 12.4. The van der Waals surface area contributed by atoms with Crippen LogP contribution in [0.15, 0.2) is 30.3 Å². The van der Waals surface area contributed by atoms with E-state index >= 15 is 0 Å². The summed E-state index contributed by atoms with van der Waals surface area (Å²) in [5.41, 5.74) is 7.04. The molecule has 1 rings (SSSR count). The quantitative estimate of drug-likeness (QED) is 0.469. The van der Waals surface area contributed by atoms with Crippen molar-refractivity contribution in [1.82, 2.24) is 5.32 Å². The monoisotopic (exact) mass is 300 g/mol. The Balaban J connectivity index is 2.12. The lowest BCUT2D eigenvalue weighted by molar-refractivity contribution is -0.121. The van der Waals surface area contributed by atoms with E-state index in [-0.39, 0.29) is 11.8 Å². The molecule has 4 N–H and O–H groups in total. The number of amides is 1. The number of thioether (sulfide) groups is 2. The fourth-order valence-corrected chi connectivity index (χ4v) is 2.72. The summed E-state index contributed by atoms with van der Waals surface area (Å²) in [6, 6.07) is 9.63. The molecule has 0 aliphatic rings. The molecule has 0 bridgehead atoms. The van der Waals surface area contributed by atoms with Crippen LogP contribution in [0.5, 0.6) is 0 Å². The lowest BCUT2D eigenvalue weighted by atomic mass is 10.2. The maximum Gasteiger partial charge on any atom is 0.237 e. The molecule has 0 aliphatic heterocycles. The van der Waals surface area contributed by atoms with Gasteiger partial charge in [0.1, 0.15) is 0 Å². The minimum Gasteiger partial charge on any atom is -0.386 e. The number of aliphatic hydroxyl groups is 1. The second-order valence-electron chi connectivity index (χ2n) is 3.94. The van der Waals surface area contributed by atoms with Crippen LogP contribution in [-0.4, -0.2) is 41.0 Å². The minimum absolute atomic E-state index is 0.0782. The molecule has 1 aromatic rings. The summed E-state index contributed by atoms with van der Waals surface area (Å²) in [5.74, 6) is 2.12. The first-order valence-electron chi connectivity index (χ1n) is 6.07. The van der Waals surface area contributed by atoms with Gasteiger partial charge in [0.05, 0.1) is 12.0 Å². The molecule has 6 heteroatoms. The average molecular weight is 300 g/mol. The second-order valence-corrected chi connectivity index (χ2v) is 6.04. The maximum atomic E-state index is 11.6. The fraction of sp³-hybridized carbons (Fsp3) is 0.462. The largest absolute Gasteiger partial charge is 0.386 e. The number of aliphatic hydroxyl groups excluding tert-OH is 1. The Labute approximate surface area is 122 Å². The van der Waals surface area contributed by atoms with E-state index in [0.717, 1.165) is 5.75 Å². The van der Waals surface area contributed by atoms with Crippen molar-refractivity contribution >= 4 is 29.4 Å². The molecule has 106 valence electrons. The SMILES string of the molecule is NC(CSCc1ccccc1)C(=O)NCCSCO. The first kappa shape index (κ1) is 16.4. The van der Waals surface area contributed by atoms with Gasteiger partial charge >= 0.3 is 0 Å². The summed E-state index contributed by atoms with van der Waals surface area (Å²) in [6.07, 6.45) is 0. The molecule has 19 heavy (non-hydrogen) atoms. The highest BCUT2D eigenvalue weighted by Crippen LogP contribution is 2.12. The standard InChI is InChI=1S/C13H20N2O2S2/c14-12(13(17)15-6-7-18-10-16)9-19-8-11-4-2-1-3-5-11/h1-5,12,16H,6-10,14H2,(H,15,17). The molecular weight excluding hydrogens is 280 g/mol. The number of nitrogens with two attached hydrogens (primary N) is 1. The van der Waals surface area contributed by atoms with E-state index in [1.54, 1.807) is 11.8 Å². The first-order chi connectivity index (χ1) is 9.24.